The fourth-order valence-electron chi connectivity index (χ4n) is 4.77. The highest BCUT2D eigenvalue weighted by Crippen LogP contribution is 2.29. The van der Waals surface area contributed by atoms with E-state index >= 15 is 0 Å². The quantitative estimate of drug-likeness (QED) is 0.326. The van der Waals surface area contributed by atoms with Gasteiger partial charge in [0, 0.05) is 37.6 Å². The van der Waals surface area contributed by atoms with E-state index in [-0.39, 0.29) is 0 Å². The first kappa shape index (κ1) is 27.6. The number of anilines is 2. The van der Waals surface area contributed by atoms with Crippen molar-refractivity contribution in [2.75, 3.05) is 56.6 Å². The molecule has 2 aromatic carbocycles. The van der Waals surface area contributed by atoms with Crippen LogP contribution < -0.4 is 15.0 Å². The van der Waals surface area contributed by atoms with Crippen LogP contribution in [0.2, 0.25) is 5.02 Å². The number of thiocarbonyl (C=S) groups is 1. The minimum Gasteiger partial charge on any atom is -0.495 e. The van der Waals surface area contributed by atoms with E-state index in [1.807, 2.05) is 18.2 Å². The van der Waals surface area contributed by atoms with Gasteiger partial charge >= 0.3 is 0 Å². The molecule has 5 nitrogen and oxygen atoms in total. The molecule has 0 atom stereocenters. The van der Waals surface area contributed by atoms with Crippen LogP contribution in [0.3, 0.4) is 0 Å². The number of ether oxygens (including phenoxy) is 1. The van der Waals surface area contributed by atoms with Gasteiger partial charge < -0.3 is 24.8 Å². The summed E-state index contributed by atoms with van der Waals surface area (Å²) in [6.45, 7) is 13.9. The number of rotatable bonds is 12. The number of halogens is 1. The zero-order valence-electron chi connectivity index (χ0n) is 21.8. The predicted octanol–water partition coefficient (Wildman–Crippen LogP) is 6.44. The van der Waals surface area contributed by atoms with Crippen LogP contribution in [-0.4, -0.2) is 61.3 Å². The number of hydrogen-bond acceptors (Lipinski definition) is 4. The molecule has 3 rings (SSSR count). The maximum atomic E-state index is 6.34. The number of nitrogens with one attached hydrogen (secondary N) is 1. The van der Waals surface area contributed by atoms with Crippen LogP contribution in [0.25, 0.3) is 0 Å². The van der Waals surface area contributed by atoms with E-state index in [0.717, 1.165) is 69.5 Å². The highest BCUT2D eigenvalue weighted by Gasteiger charge is 2.18. The molecule has 0 aliphatic carbocycles. The minimum atomic E-state index is 0.569. The molecule has 1 N–H and O–H groups in total. The molecule has 0 unspecified atom stereocenters. The highest BCUT2D eigenvalue weighted by atomic mass is 35.5. The molecule has 0 saturated carbocycles. The third-order valence-electron chi connectivity index (χ3n) is 6.71. The number of nitrogens with zero attached hydrogens (tertiary/aromatic N) is 3. The molecule has 0 saturated heterocycles. The zero-order valence-corrected chi connectivity index (χ0v) is 23.4. The Hall–Kier alpha value is -2.02. The first-order valence-corrected chi connectivity index (χ1v) is 13.8. The third kappa shape index (κ3) is 7.73. The van der Waals surface area contributed by atoms with Gasteiger partial charge in [0.25, 0.3) is 0 Å². The molecule has 0 fully saturated rings. The Labute approximate surface area is 222 Å². The van der Waals surface area contributed by atoms with Crippen molar-refractivity contribution < 1.29 is 4.74 Å². The van der Waals surface area contributed by atoms with Crippen molar-refractivity contribution in [2.45, 2.75) is 53.0 Å². The summed E-state index contributed by atoms with van der Waals surface area (Å²) in [6.07, 6.45) is 4.61. The number of benzene rings is 2. The second-order valence-corrected chi connectivity index (χ2v) is 9.93. The van der Waals surface area contributed by atoms with E-state index < -0.39 is 0 Å². The van der Waals surface area contributed by atoms with E-state index in [0.29, 0.717) is 10.8 Å². The van der Waals surface area contributed by atoms with Crippen LogP contribution in [0.15, 0.2) is 36.4 Å². The molecule has 1 aliphatic heterocycles. The summed E-state index contributed by atoms with van der Waals surface area (Å²) in [5.74, 6) is 0.658. The van der Waals surface area contributed by atoms with Crippen molar-refractivity contribution in [1.82, 2.24) is 9.80 Å². The summed E-state index contributed by atoms with van der Waals surface area (Å²) in [5.41, 5.74) is 5.05. The van der Waals surface area contributed by atoms with Gasteiger partial charge in [-0.2, -0.15) is 0 Å². The molecule has 0 aromatic heterocycles. The topological polar surface area (TPSA) is 31.0 Å². The predicted molar refractivity (Wildman–Crippen MR) is 154 cm³/mol. The maximum Gasteiger partial charge on any atom is 0.173 e. The maximum absolute atomic E-state index is 6.34. The standard InChI is InChI=1S/C28H41ClN4OS/c1-5-15-32-17-8-10-23-19-22(11-13-26(23)32)21-33(18-9-16-31(6-2)7-3)28(35)30-24-12-14-27(34-4)25(29)20-24/h11-14,19-20H,5-10,15-18,21H2,1-4H3,(H,30,35). The molecular weight excluding hydrogens is 476 g/mol. The van der Waals surface area contributed by atoms with E-state index in [2.05, 4.69) is 59.0 Å². The van der Waals surface area contributed by atoms with Crippen molar-refractivity contribution in [3.05, 3.63) is 52.5 Å². The number of aryl methyl sites for hydroxylation is 1. The fraction of sp³-hybridized carbons (Fsp3) is 0.536. The smallest absolute Gasteiger partial charge is 0.173 e. The van der Waals surface area contributed by atoms with Crippen molar-refractivity contribution in [3.8, 4) is 5.75 Å². The van der Waals surface area contributed by atoms with Gasteiger partial charge in [-0.05, 0) is 92.9 Å². The summed E-state index contributed by atoms with van der Waals surface area (Å²) in [7, 11) is 1.62. The van der Waals surface area contributed by atoms with Crippen molar-refractivity contribution in [1.29, 1.82) is 0 Å². The molecule has 0 amide bonds. The minimum absolute atomic E-state index is 0.569. The molecule has 1 aliphatic rings. The van der Waals surface area contributed by atoms with Crippen LogP contribution in [0.4, 0.5) is 11.4 Å². The normalized spacial score (nSPS) is 13.0. The molecule has 35 heavy (non-hydrogen) atoms. The molecule has 0 spiro atoms. The Morgan fingerprint density at radius 3 is 2.60 bits per heavy atom. The molecular formula is C28H41ClN4OS. The molecule has 7 heteroatoms. The second kappa shape index (κ2) is 13.9. The SMILES string of the molecule is CCCN1CCCc2cc(CN(CCCN(CC)CC)C(=S)Nc3ccc(OC)c(Cl)c3)ccc21. The van der Waals surface area contributed by atoms with Gasteiger partial charge in [-0.15, -0.1) is 0 Å². The van der Waals surface area contributed by atoms with Crippen molar-refractivity contribution in [2.24, 2.45) is 0 Å². The Kier molecular flexibility index (Phi) is 11.0. The molecule has 2 aromatic rings. The molecule has 0 radical (unpaired) electrons. The van der Waals surface area contributed by atoms with Gasteiger partial charge in [0.1, 0.15) is 5.75 Å². The summed E-state index contributed by atoms with van der Waals surface area (Å²) in [5, 5.41) is 4.69. The van der Waals surface area contributed by atoms with E-state index in [4.69, 9.17) is 28.6 Å². The third-order valence-corrected chi connectivity index (χ3v) is 7.37. The van der Waals surface area contributed by atoms with Crippen LogP contribution in [0.1, 0.15) is 51.2 Å². The van der Waals surface area contributed by atoms with Gasteiger partial charge in [0.2, 0.25) is 0 Å². The first-order valence-electron chi connectivity index (χ1n) is 13.0. The van der Waals surface area contributed by atoms with Gasteiger partial charge in [-0.1, -0.05) is 44.5 Å². The first-order chi connectivity index (χ1) is 17.0. The van der Waals surface area contributed by atoms with Crippen molar-refractivity contribution >= 4 is 40.3 Å². The van der Waals surface area contributed by atoms with Crippen LogP contribution in [0, 0.1) is 0 Å². The average molecular weight is 517 g/mol. The van der Waals surface area contributed by atoms with Crippen LogP contribution in [-0.2, 0) is 13.0 Å². The lowest BCUT2D eigenvalue weighted by Crippen LogP contribution is -2.37. The zero-order chi connectivity index (χ0) is 25.2. The lowest BCUT2D eigenvalue weighted by atomic mass is 9.99. The number of fused-ring (bicyclic) bond motifs is 1. The average Bonchev–Trinajstić information content (AvgIpc) is 2.86. The van der Waals surface area contributed by atoms with Crippen molar-refractivity contribution in [3.63, 3.8) is 0 Å². The van der Waals surface area contributed by atoms with Gasteiger partial charge in [0.15, 0.2) is 5.11 Å². The monoisotopic (exact) mass is 516 g/mol. The lowest BCUT2D eigenvalue weighted by molar-refractivity contribution is 0.281. The van der Waals surface area contributed by atoms with E-state index in [1.165, 1.54) is 29.7 Å². The Bertz CT molecular complexity index is 966. The molecule has 1 heterocycles. The van der Waals surface area contributed by atoms with Crippen LogP contribution in [0.5, 0.6) is 5.75 Å². The summed E-state index contributed by atoms with van der Waals surface area (Å²) in [6, 6.07) is 12.7. The van der Waals surface area contributed by atoms with Crippen LogP contribution >= 0.6 is 23.8 Å². The van der Waals surface area contributed by atoms with Gasteiger partial charge in [-0.25, -0.2) is 0 Å². The molecule has 192 valence electrons. The summed E-state index contributed by atoms with van der Waals surface area (Å²) < 4.78 is 5.29. The van der Waals surface area contributed by atoms with Gasteiger partial charge in [0.05, 0.1) is 12.1 Å². The largest absolute Gasteiger partial charge is 0.495 e. The fourth-order valence-corrected chi connectivity index (χ4v) is 5.30. The van der Waals surface area contributed by atoms with E-state index in [1.54, 1.807) is 7.11 Å². The molecule has 0 bridgehead atoms. The number of methoxy groups -OCH3 is 1. The Morgan fingerprint density at radius 2 is 1.91 bits per heavy atom. The summed E-state index contributed by atoms with van der Waals surface area (Å²) in [4.78, 5) is 7.27. The van der Waals surface area contributed by atoms with E-state index in [9.17, 15) is 0 Å². The second-order valence-electron chi connectivity index (χ2n) is 9.14. The lowest BCUT2D eigenvalue weighted by Gasteiger charge is -2.32. The Balaban J connectivity index is 1.75. The Morgan fingerprint density at radius 1 is 1.11 bits per heavy atom. The number of hydrogen-bond donors (Lipinski definition) is 1. The highest BCUT2D eigenvalue weighted by molar-refractivity contribution is 7.80. The van der Waals surface area contributed by atoms with Gasteiger partial charge in [-0.3, -0.25) is 0 Å². The summed E-state index contributed by atoms with van der Waals surface area (Å²) >= 11 is 12.2.